The first-order valence-electron chi connectivity index (χ1n) is 8.57. The van der Waals surface area contributed by atoms with E-state index in [2.05, 4.69) is 10.6 Å². The van der Waals surface area contributed by atoms with Gasteiger partial charge in [0.1, 0.15) is 0 Å². The van der Waals surface area contributed by atoms with Crippen molar-refractivity contribution in [2.24, 2.45) is 5.73 Å². The molecular formula is C20H25N3O2S. The molecule has 0 aliphatic carbocycles. The number of nitrogens with two attached hydrogens (primary N) is 1. The summed E-state index contributed by atoms with van der Waals surface area (Å²) in [6, 6.07) is 16.3. The molecule has 1 atom stereocenters. The molecule has 0 unspecified atom stereocenters. The minimum Gasteiger partial charge on any atom is -0.352 e. The van der Waals surface area contributed by atoms with Crippen LogP contribution >= 0.6 is 11.8 Å². The summed E-state index contributed by atoms with van der Waals surface area (Å²) in [7, 11) is 0. The molecule has 0 radical (unpaired) electrons. The van der Waals surface area contributed by atoms with E-state index in [0.29, 0.717) is 24.2 Å². The molecule has 138 valence electrons. The first-order chi connectivity index (χ1) is 12.6. The van der Waals surface area contributed by atoms with Crippen molar-refractivity contribution in [1.82, 2.24) is 5.32 Å². The summed E-state index contributed by atoms with van der Waals surface area (Å²) in [5, 5.41) is 5.68. The first kappa shape index (κ1) is 20.0. The van der Waals surface area contributed by atoms with Gasteiger partial charge in [0.05, 0.1) is 6.04 Å². The van der Waals surface area contributed by atoms with Crippen LogP contribution in [0.4, 0.5) is 5.69 Å². The summed E-state index contributed by atoms with van der Waals surface area (Å²) in [5.74, 6) is 0.506. The Bertz CT molecular complexity index is 705. The molecule has 0 saturated carbocycles. The van der Waals surface area contributed by atoms with E-state index in [4.69, 9.17) is 5.73 Å². The number of amides is 2. The van der Waals surface area contributed by atoms with Crippen LogP contribution in [0.25, 0.3) is 0 Å². The highest BCUT2D eigenvalue weighted by molar-refractivity contribution is 7.98. The Morgan fingerprint density at radius 3 is 2.42 bits per heavy atom. The molecule has 2 aromatic carbocycles. The average molecular weight is 372 g/mol. The second-order valence-corrected chi connectivity index (χ2v) is 6.93. The Morgan fingerprint density at radius 2 is 1.77 bits per heavy atom. The highest BCUT2D eigenvalue weighted by atomic mass is 32.2. The fourth-order valence-corrected chi connectivity index (χ4v) is 2.87. The van der Waals surface area contributed by atoms with Gasteiger partial charge in [0.2, 0.25) is 5.91 Å². The summed E-state index contributed by atoms with van der Waals surface area (Å²) >= 11 is 1.66. The average Bonchev–Trinajstić information content (AvgIpc) is 2.67. The van der Waals surface area contributed by atoms with Gasteiger partial charge >= 0.3 is 0 Å². The maximum absolute atomic E-state index is 12.2. The second-order valence-electron chi connectivity index (χ2n) is 5.95. The monoisotopic (exact) mass is 371 g/mol. The minimum absolute atomic E-state index is 0.129. The van der Waals surface area contributed by atoms with Crippen LogP contribution < -0.4 is 16.4 Å². The zero-order chi connectivity index (χ0) is 18.8. The third-order valence-electron chi connectivity index (χ3n) is 3.93. The van der Waals surface area contributed by atoms with Crippen molar-refractivity contribution in [1.29, 1.82) is 0 Å². The van der Waals surface area contributed by atoms with Crippen molar-refractivity contribution in [2.75, 3.05) is 23.9 Å². The molecule has 26 heavy (non-hydrogen) atoms. The molecule has 0 aliphatic heterocycles. The fourth-order valence-electron chi connectivity index (χ4n) is 2.38. The standard InChI is InChI=1S/C20H25N3O2S/c1-26-14-12-18(21)20(25)23-17-9-7-16(8-10-17)19(24)22-13-11-15-5-3-2-4-6-15/h2-10,18H,11-14,21H2,1H3,(H,22,24)(H,23,25)/t18-/m0/s1. The van der Waals surface area contributed by atoms with Gasteiger partial charge in [0.15, 0.2) is 0 Å². The number of benzene rings is 2. The van der Waals surface area contributed by atoms with Gasteiger partial charge in [-0.2, -0.15) is 11.8 Å². The Morgan fingerprint density at radius 1 is 1.08 bits per heavy atom. The van der Waals surface area contributed by atoms with Crippen molar-refractivity contribution in [3.8, 4) is 0 Å². The highest BCUT2D eigenvalue weighted by Crippen LogP contribution is 2.11. The van der Waals surface area contributed by atoms with Crippen LogP contribution in [0.1, 0.15) is 22.3 Å². The Kier molecular flexibility index (Phi) is 8.18. The number of carbonyl (C=O) groups is 2. The number of anilines is 1. The van der Waals surface area contributed by atoms with Gasteiger partial charge in [-0.3, -0.25) is 9.59 Å². The van der Waals surface area contributed by atoms with E-state index in [-0.39, 0.29) is 11.8 Å². The Labute approximate surface area is 158 Å². The summed E-state index contributed by atoms with van der Waals surface area (Å²) in [5.41, 5.74) is 8.22. The van der Waals surface area contributed by atoms with Crippen LogP contribution in [0.2, 0.25) is 0 Å². The molecule has 0 aliphatic rings. The molecule has 2 amide bonds. The normalized spacial score (nSPS) is 11.6. The minimum atomic E-state index is -0.525. The van der Waals surface area contributed by atoms with Crippen LogP contribution in [0.3, 0.4) is 0 Å². The van der Waals surface area contributed by atoms with E-state index < -0.39 is 6.04 Å². The molecule has 0 spiro atoms. The number of nitrogens with one attached hydrogen (secondary N) is 2. The van der Waals surface area contributed by atoms with Crippen molar-refractivity contribution >= 4 is 29.3 Å². The molecule has 5 nitrogen and oxygen atoms in total. The number of hydrogen-bond acceptors (Lipinski definition) is 4. The number of thioether (sulfide) groups is 1. The first-order valence-corrected chi connectivity index (χ1v) is 9.97. The molecule has 2 rings (SSSR count). The van der Waals surface area contributed by atoms with Crippen LogP contribution in [0.15, 0.2) is 54.6 Å². The van der Waals surface area contributed by atoms with E-state index in [9.17, 15) is 9.59 Å². The third-order valence-corrected chi connectivity index (χ3v) is 4.57. The lowest BCUT2D eigenvalue weighted by Gasteiger charge is -2.12. The summed E-state index contributed by atoms with van der Waals surface area (Å²) in [4.78, 5) is 24.2. The predicted molar refractivity (Wildman–Crippen MR) is 109 cm³/mol. The molecule has 0 fully saturated rings. The smallest absolute Gasteiger partial charge is 0.251 e. The largest absolute Gasteiger partial charge is 0.352 e. The molecule has 6 heteroatoms. The Balaban J connectivity index is 1.80. The third kappa shape index (κ3) is 6.54. The lowest BCUT2D eigenvalue weighted by molar-refractivity contribution is -0.117. The summed E-state index contributed by atoms with van der Waals surface area (Å²) < 4.78 is 0. The Hall–Kier alpha value is -2.31. The van der Waals surface area contributed by atoms with Gasteiger partial charge in [-0.25, -0.2) is 0 Å². The van der Waals surface area contributed by atoms with E-state index in [1.54, 1.807) is 36.0 Å². The second kappa shape index (κ2) is 10.6. The van der Waals surface area contributed by atoms with Gasteiger partial charge in [-0.15, -0.1) is 0 Å². The quantitative estimate of drug-likeness (QED) is 0.633. The van der Waals surface area contributed by atoms with Gasteiger partial charge in [-0.1, -0.05) is 30.3 Å². The number of rotatable bonds is 9. The molecular weight excluding hydrogens is 346 g/mol. The maximum Gasteiger partial charge on any atom is 0.251 e. The molecule has 0 bridgehead atoms. The van der Waals surface area contributed by atoms with E-state index in [1.165, 1.54) is 5.56 Å². The SMILES string of the molecule is CSCC[C@H](N)C(=O)Nc1ccc(C(=O)NCCc2ccccc2)cc1. The van der Waals surface area contributed by atoms with Crippen LogP contribution in [0.5, 0.6) is 0 Å². The van der Waals surface area contributed by atoms with E-state index in [1.807, 2.05) is 36.6 Å². The van der Waals surface area contributed by atoms with Crippen LogP contribution in [-0.2, 0) is 11.2 Å². The summed E-state index contributed by atoms with van der Waals surface area (Å²) in [6.07, 6.45) is 3.40. The molecule has 0 aromatic heterocycles. The molecule has 0 heterocycles. The summed E-state index contributed by atoms with van der Waals surface area (Å²) in [6.45, 7) is 0.575. The lowest BCUT2D eigenvalue weighted by atomic mass is 10.1. The van der Waals surface area contributed by atoms with Gasteiger partial charge in [0, 0.05) is 17.8 Å². The zero-order valence-corrected chi connectivity index (χ0v) is 15.7. The van der Waals surface area contributed by atoms with Crippen LogP contribution in [0, 0.1) is 0 Å². The molecule has 2 aromatic rings. The topological polar surface area (TPSA) is 84.2 Å². The molecule has 4 N–H and O–H groups in total. The van der Waals surface area contributed by atoms with E-state index >= 15 is 0 Å². The van der Waals surface area contributed by atoms with Gasteiger partial charge in [0.25, 0.3) is 5.91 Å². The fraction of sp³-hybridized carbons (Fsp3) is 0.300. The van der Waals surface area contributed by atoms with Crippen LogP contribution in [-0.4, -0.2) is 36.4 Å². The van der Waals surface area contributed by atoms with Crippen molar-refractivity contribution in [2.45, 2.75) is 18.9 Å². The maximum atomic E-state index is 12.2. The predicted octanol–water partition coefficient (Wildman–Crippen LogP) is 2.68. The highest BCUT2D eigenvalue weighted by Gasteiger charge is 2.13. The molecule has 0 saturated heterocycles. The number of carbonyl (C=O) groups excluding carboxylic acids is 2. The van der Waals surface area contributed by atoms with Crippen molar-refractivity contribution in [3.63, 3.8) is 0 Å². The van der Waals surface area contributed by atoms with Gasteiger partial charge in [-0.05, 0) is 54.7 Å². The lowest BCUT2D eigenvalue weighted by Crippen LogP contribution is -2.36. The number of hydrogen-bond donors (Lipinski definition) is 3. The zero-order valence-electron chi connectivity index (χ0n) is 14.9. The van der Waals surface area contributed by atoms with Crippen molar-refractivity contribution in [3.05, 3.63) is 65.7 Å². The van der Waals surface area contributed by atoms with E-state index in [0.717, 1.165) is 12.2 Å². The van der Waals surface area contributed by atoms with Gasteiger partial charge < -0.3 is 16.4 Å². The van der Waals surface area contributed by atoms with Crippen molar-refractivity contribution < 1.29 is 9.59 Å².